The Bertz CT molecular complexity index is 564. The summed E-state index contributed by atoms with van der Waals surface area (Å²) in [5.74, 6) is 0.0484. The molecule has 1 atom stereocenters. The van der Waals surface area contributed by atoms with Crippen LogP contribution in [0.1, 0.15) is 39.4 Å². The third kappa shape index (κ3) is 10.5. The molecule has 1 rings (SSSR count). The predicted molar refractivity (Wildman–Crippen MR) is 83.0 cm³/mol. The van der Waals surface area contributed by atoms with Crippen molar-refractivity contribution < 1.29 is 34.3 Å². The van der Waals surface area contributed by atoms with E-state index in [2.05, 4.69) is 5.32 Å². The smallest absolute Gasteiger partial charge is 0.394 e. The van der Waals surface area contributed by atoms with Crippen molar-refractivity contribution in [2.45, 2.75) is 39.0 Å². The summed E-state index contributed by atoms with van der Waals surface area (Å²) in [5.41, 5.74) is 1.05. The topological polar surface area (TPSA) is 147 Å². The van der Waals surface area contributed by atoms with Gasteiger partial charge in [-0.15, -0.1) is 0 Å². The highest BCUT2D eigenvalue weighted by atomic mass is 32.3. The molecule has 0 fully saturated rings. The van der Waals surface area contributed by atoms with E-state index < -0.39 is 16.5 Å². The Balaban J connectivity index is 0. The van der Waals surface area contributed by atoms with Gasteiger partial charge in [-0.3, -0.25) is 9.11 Å². The van der Waals surface area contributed by atoms with Gasteiger partial charge in [0.1, 0.15) is 5.75 Å². The normalized spacial score (nSPS) is 13.2. The van der Waals surface area contributed by atoms with Gasteiger partial charge in [0.05, 0.1) is 12.7 Å². The van der Waals surface area contributed by atoms with Crippen LogP contribution in [-0.4, -0.2) is 44.9 Å². The molecular weight excluding hydrogens is 314 g/mol. The van der Waals surface area contributed by atoms with Gasteiger partial charge >= 0.3 is 10.4 Å². The number of aromatic hydroxyl groups is 1. The van der Waals surface area contributed by atoms with E-state index >= 15 is 0 Å². The number of aliphatic hydroxyl groups excluding tert-OH is 2. The molecule has 9 heteroatoms. The molecule has 0 bridgehead atoms. The van der Waals surface area contributed by atoms with Crippen molar-refractivity contribution in [1.29, 1.82) is 0 Å². The lowest BCUT2D eigenvalue weighted by Crippen LogP contribution is -2.38. The Morgan fingerprint density at radius 2 is 1.77 bits per heavy atom. The van der Waals surface area contributed by atoms with Gasteiger partial charge in [-0.2, -0.15) is 8.42 Å². The fourth-order valence-corrected chi connectivity index (χ4v) is 1.46. The van der Waals surface area contributed by atoms with Crippen LogP contribution < -0.4 is 5.32 Å². The molecule has 0 heterocycles. The summed E-state index contributed by atoms with van der Waals surface area (Å²) < 4.78 is 31.6. The van der Waals surface area contributed by atoms with Crippen LogP contribution in [-0.2, 0) is 17.0 Å². The molecule has 0 aliphatic carbocycles. The van der Waals surface area contributed by atoms with E-state index in [0.717, 1.165) is 0 Å². The second-order valence-corrected chi connectivity index (χ2v) is 6.54. The molecular formula is C13H25NO7S. The zero-order valence-corrected chi connectivity index (χ0v) is 13.5. The Kier molecular flexibility index (Phi) is 7.94. The van der Waals surface area contributed by atoms with Crippen molar-refractivity contribution >= 4 is 10.4 Å². The van der Waals surface area contributed by atoms with Crippen LogP contribution in [0, 0.1) is 0 Å². The average molecular weight is 339 g/mol. The first-order valence-electron chi connectivity index (χ1n) is 6.39. The van der Waals surface area contributed by atoms with Crippen LogP contribution in [0.3, 0.4) is 0 Å². The number of hydrogen-bond acceptors (Lipinski definition) is 6. The average Bonchev–Trinajstić information content (AvgIpc) is 2.33. The molecule has 0 aliphatic rings. The van der Waals surface area contributed by atoms with Crippen molar-refractivity contribution in [3.8, 4) is 5.75 Å². The highest BCUT2D eigenvalue weighted by Crippen LogP contribution is 2.22. The standard InChI is InChI=1S/C13H21NO3.H2O4S.H2/c1-13(2,3)14-7-12(17)9-4-5-11(16)10(6-9)8-15;1-5(2,3)4;/h4-6,12,14-17H,7-8H2,1-3H3;(H2,1,2,3,4);1H. The number of hydrogen-bond donors (Lipinski definition) is 6. The Hall–Kier alpha value is -1.23. The maximum absolute atomic E-state index is 9.97. The van der Waals surface area contributed by atoms with Crippen molar-refractivity contribution in [1.82, 2.24) is 5.32 Å². The van der Waals surface area contributed by atoms with E-state index in [1.54, 1.807) is 12.1 Å². The minimum atomic E-state index is -4.67. The minimum Gasteiger partial charge on any atom is -0.508 e. The van der Waals surface area contributed by atoms with E-state index in [-0.39, 0.29) is 19.3 Å². The lowest BCUT2D eigenvalue weighted by Gasteiger charge is -2.23. The van der Waals surface area contributed by atoms with Gasteiger partial charge in [-0.25, -0.2) is 0 Å². The minimum absolute atomic E-state index is 0. The third-order valence-electron chi connectivity index (χ3n) is 2.48. The number of β-amino-alcohol motifs (C(OH)–C–C–N with tert-alkyl or cyclic N) is 1. The first-order valence-corrected chi connectivity index (χ1v) is 7.79. The number of phenols is 1. The lowest BCUT2D eigenvalue weighted by molar-refractivity contribution is 0.163. The first kappa shape index (κ1) is 20.8. The summed E-state index contributed by atoms with van der Waals surface area (Å²) >= 11 is 0. The molecule has 0 aromatic heterocycles. The molecule has 0 amide bonds. The first-order chi connectivity index (χ1) is 9.83. The Labute approximate surface area is 131 Å². The summed E-state index contributed by atoms with van der Waals surface area (Å²) in [6.07, 6.45) is -0.653. The number of aliphatic hydroxyl groups is 2. The maximum Gasteiger partial charge on any atom is 0.394 e. The molecule has 8 nitrogen and oxygen atoms in total. The van der Waals surface area contributed by atoms with Crippen molar-refractivity contribution in [2.75, 3.05) is 6.54 Å². The maximum atomic E-state index is 9.97. The highest BCUT2D eigenvalue weighted by molar-refractivity contribution is 7.79. The predicted octanol–water partition coefficient (Wildman–Crippen LogP) is 0.899. The van der Waals surface area contributed by atoms with Crippen molar-refractivity contribution in [3.63, 3.8) is 0 Å². The van der Waals surface area contributed by atoms with E-state index in [1.165, 1.54) is 6.07 Å². The van der Waals surface area contributed by atoms with E-state index in [0.29, 0.717) is 17.7 Å². The molecule has 130 valence electrons. The second kappa shape index (κ2) is 8.42. The van der Waals surface area contributed by atoms with Crippen LogP contribution in [0.15, 0.2) is 18.2 Å². The van der Waals surface area contributed by atoms with Gasteiger partial charge in [0.2, 0.25) is 0 Å². The quantitative estimate of drug-likeness (QED) is 0.443. The van der Waals surface area contributed by atoms with Crippen molar-refractivity contribution in [2.24, 2.45) is 0 Å². The number of benzene rings is 1. The Morgan fingerprint density at radius 3 is 2.18 bits per heavy atom. The summed E-state index contributed by atoms with van der Waals surface area (Å²) in [6, 6.07) is 4.76. The summed E-state index contributed by atoms with van der Waals surface area (Å²) in [6.45, 7) is 6.26. The lowest BCUT2D eigenvalue weighted by atomic mass is 10.0. The Morgan fingerprint density at radius 1 is 1.27 bits per heavy atom. The summed E-state index contributed by atoms with van der Waals surface area (Å²) in [4.78, 5) is 0. The molecule has 1 aromatic carbocycles. The molecule has 22 heavy (non-hydrogen) atoms. The van der Waals surface area contributed by atoms with E-state index in [4.69, 9.17) is 22.6 Å². The molecule has 1 unspecified atom stereocenters. The zero-order valence-electron chi connectivity index (χ0n) is 12.7. The molecule has 0 saturated heterocycles. The van der Waals surface area contributed by atoms with Gasteiger partial charge in [-0.1, -0.05) is 6.07 Å². The van der Waals surface area contributed by atoms with Gasteiger partial charge in [0.15, 0.2) is 0 Å². The SMILES string of the molecule is CC(C)(C)NCC(O)c1ccc(O)c(CO)c1.O=S(=O)(O)O.[HH]. The zero-order chi connectivity index (χ0) is 17.6. The number of nitrogens with one attached hydrogen (secondary N) is 1. The highest BCUT2D eigenvalue weighted by Gasteiger charge is 2.14. The summed E-state index contributed by atoms with van der Waals surface area (Å²) in [5, 5.41) is 31.6. The van der Waals surface area contributed by atoms with Crippen molar-refractivity contribution in [3.05, 3.63) is 29.3 Å². The molecule has 0 radical (unpaired) electrons. The fraction of sp³-hybridized carbons (Fsp3) is 0.538. The molecule has 0 aliphatic heterocycles. The van der Waals surface area contributed by atoms with Gasteiger partial charge < -0.3 is 20.6 Å². The largest absolute Gasteiger partial charge is 0.508 e. The van der Waals surface area contributed by atoms with Gasteiger partial charge in [-0.05, 0) is 38.5 Å². The fourth-order valence-electron chi connectivity index (χ4n) is 1.46. The van der Waals surface area contributed by atoms with Gasteiger partial charge in [0.25, 0.3) is 0 Å². The monoisotopic (exact) mass is 339 g/mol. The van der Waals surface area contributed by atoms with E-state index in [1.807, 2.05) is 20.8 Å². The third-order valence-corrected chi connectivity index (χ3v) is 2.48. The number of rotatable bonds is 4. The second-order valence-electron chi connectivity index (χ2n) is 5.64. The van der Waals surface area contributed by atoms with Crippen LogP contribution in [0.25, 0.3) is 0 Å². The van der Waals surface area contributed by atoms with Crippen LogP contribution >= 0.6 is 0 Å². The van der Waals surface area contributed by atoms with Gasteiger partial charge in [0, 0.05) is 19.1 Å². The summed E-state index contributed by atoms with van der Waals surface area (Å²) in [7, 11) is -4.67. The van der Waals surface area contributed by atoms with E-state index in [9.17, 15) is 10.2 Å². The molecule has 6 N–H and O–H groups in total. The van der Waals surface area contributed by atoms with Crippen LogP contribution in [0.4, 0.5) is 0 Å². The molecule has 0 saturated carbocycles. The molecule has 0 spiro atoms. The molecule has 1 aromatic rings. The van der Waals surface area contributed by atoms with Crippen LogP contribution in [0.5, 0.6) is 5.75 Å². The van der Waals surface area contributed by atoms with Crippen LogP contribution in [0.2, 0.25) is 0 Å².